The predicted molar refractivity (Wildman–Crippen MR) is 98.1 cm³/mol. The van der Waals surface area contributed by atoms with E-state index in [-0.39, 0.29) is 0 Å². The van der Waals surface area contributed by atoms with Gasteiger partial charge in [0, 0.05) is 52.6 Å². The topological polar surface area (TPSA) is 72.1 Å². The molecule has 1 aromatic heterocycles. The highest BCUT2D eigenvalue weighted by molar-refractivity contribution is 5.79. The van der Waals surface area contributed by atoms with Crippen LogP contribution in [0, 0.1) is 13.8 Å². The van der Waals surface area contributed by atoms with Crippen molar-refractivity contribution in [3.63, 3.8) is 0 Å². The van der Waals surface area contributed by atoms with E-state index in [1.165, 1.54) is 5.56 Å². The molecular weight excluding hydrogens is 320 g/mol. The number of aryl methyl sites for hydroxylation is 2. The minimum atomic E-state index is 0.355. The lowest BCUT2D eigenvalue weighted by molar-refractivity contribution is 0.00991. The number of rotatable bonds is 8. The molecule has 0 atom stereocenters. The largest absolute Gasteiger partial charge is 0.385 e. The average Bonchev–Trinajstić information content (AvgIpc) is 2.95. The van der Waals surface area contributed by atoms with E-state index in [2.05, 4.69) is 20.4 Å². The standard InChI is InChI=1S/C18H32N4O3/c1-14-17(15(2)25-21-14)6-9-20-18(19-3)22-10-7-16(8-11-22)24-13-5-12-23-4/h16H,5-13H2,1-4H3,(H,19,20). The normalized spacial score (nSPS) is 16.5. The van der Waals surface area contributed by atoms with Gasteiger partial charge in [-0.1, -0.05) is 5.16 Å². The van der Waals surface area contributed by atoms with E-state index in [1.807, 2.05) is 20.9 Å². The fourth-order valence-electron chi connectivity index (χ4n) is 3.18. The molecule has 0 aliphatic carbocycles. The molecule has 1 aromatic rings. The summed E-state index contributed by atoms with van der Waals surface area (Å²) < 4.78 is 16.2. The fraction of sp³-hybridized carbons (Fsp3) is 0.778. The Hall–Kier alpha value is -1.60. The SMILES string of the molecule is CN=C(NCCc1c(C)noc1C)N1CCC(OCCCOC)CC1. The summed E-state index contributed by atoms with van der Waals surface area (Å²) in [6.45, 7) is 8.26. The number of aromatic nitrogens is 1. The van der Waals surface area contributed by atoms with Crippen LogP contribution in [0.2, 0.25) is 0 Å². The third-order valence-corrected chi connectivity index (χ3v) is 4.64. The van der Waals surface area contributed by atoms with Crippen LogP contribution >= 0.6 is 0 Å². The molecule has 1 saturated heterocycles. The third kappa shape index (κ3) is 6.01. The molecule has 1 aliphatic rings. The maximum atomic E-state index is 5.92. The predicted octanol–water partition coefficient (Wildman–Crippen LogP) is 1.93. The van der Waals surface area contributed by atoms with Crippen molar-refractivity contribution in [3.05, 3.63) is 17.0 Å². The van der Waals surface area contributed by atoms with Gasteiger partial charge in [0.1, 0.15) is 5.76 Å². The van der Waals surface area contributed by atoms with Gasteiger partial charge in [0.25, 0.3) is 0 Å². The van der Waals surface area contributed by atoms with Crippen molar-refractivity contribution in [3.8, 4) is 0 Å². The van der Waals surface area contributed by atoms with Gasteiger partial charge in [-0.2, -0.15) is 0 Å². The summed E-state index contributed by atoms with van der Waals surface area (Å²) in [5.74, 6) is 1.87. The Morgan fingerprint density at radius 3 is 2.68 bits per heavy atom. The summed E-state index contributed by atoms with van der Waals surface area (Å²) in [7, 11) is 3.56. The third-order valence-electron chi connectivity index (χ3n) is 4.64. The number of methoxy groups -OCH3 is 1. The van der Waals surface area contributed by atoms with Crippen LogP contribution in [0.1, 0.15) is 36.3 Å². The Kier molecular flexibility index (Phi) is 8.21. The highest BCUT2D eigenvalue weighted by atomic mass is 16.5. The summed E-state index contributed by atoms with van der Waals surface area (Å²) >= 11 is 0. The van der Waals surface area contributed by atoms with Crippen LogP contribution < -0.4 is 5.32 Å². The quantitative estimate of drug-likeness (QED) is 0.438. The second-order valence-corrected chi connectivity index (χ2v) is 6.43. The number of hydrogen-bond donors (Lipinski definition) is 1. The lowest BCUT2D eigenvalue weighted by atomic mass is 10.1. The van der Waals surface area contributed by atoms with Crippen LogP contribution in [0.25, 0.3) is 0 Å². The van der Waals surface area contributed by atoms with Crippen molar-refractivity contribution < 1.29 is 14.0 Å². The lowest BCUT2D eigenvalue weighted by Crippen LogP contribution is -2.47. The summed E-state index contributed by atoms with van der Waals surface area (Å²) in [5, 5.41) is 7.46. The monoisotopic (exact) mass is 352 g/mol. The molecule has 0 bridgehead atoms. The second kappa shape index (κ2) is 10.4. The maximum absolute atomic E-state index is 5.92. The molecule has 25 heavy (non-hydrogen) atoms. The van der Waals surface area contributed by atoms with Crippen molar-refractivity contribution in [2.75, 3.05) is 47.0 Å². The summed E-state index contributed by atoms with van der Waals surface area (Å²) in [4.78, 5) is 6.73. The molecule has 0 amide bonds. The highest BCUT2D eigenvalue weighted by Crippen LogP contribution is 2.15. The zero-order valence-corrected chi connectivity index (χ0v) is 16.0. The number of likely N-dealkylation sites (tertiary alicyclic amines) is 1. The van der Waals surface area contributed by atoms with Crippen LogP contribution in [-0.2, 0) is 15.9 Å². The molecule has 1 aliphatic heterocycles. The minimum absolute atomic E-state index is 0.355. The van der Waals surface area contributed by atoms with E-state index >= 15 is 0 Å². The number of nitrogens with one attached hydrogen (secondary N) is 1. The van der Waals surface area contributed by atoms with E-state index < -0.39 is 0 Å². The van der Waals surface area contributed by atoms with Gasteiger partial charge in [-0.3, -0.25) is 4.99 Å². The zero-order chi connectivity index (χ0) is 18.1. The maximum Gasteiger partial charge on any atom is 0.193 e. The highest BCUT2D eigenvalue weighted by Gasteiger charge is 2.21. The first-order valence-electron chi connectivity index (χ1n) is 9.13. The van der Waals surface area contributed by atoms with E-state index in [0.29, 0.717) is 6.10 Å². The summed E-state index contributed by atoms with van der Waals surface area (Å²) in [5.41, 5.74) is 2.16. The van der Waals surface area contributed by atoms with E-state index in [4.69, 9.17) is 14.0 Å². The molecule has 0 spiro atoms. The first kappa shape index (κ1) is 19.7. The molecule has 2 heterocycles. The van der Waals surface area contributed by atoms with E-state index in [0.717, 1.165) is 75.9 Å². The molecule has 0 radical (unpaired) electrons. The van der Waals surface area contributed by atoms with Crippen LogP contribution in [-0.4, -0.2) is 69.1 Å². The van der Waals surface area contributed by atoms with E-state index in [1.54, 1.807) is 7.11 Å². The molecule has 1 fully saturated rings. The number of nitrogens with zero attached hydrogens (tertiary/aromatic N) is 3. The van der Waals surface area contributed by atoms with Gasteiger partial charge >= 0.3 is 0 Å². The first-order valence-corrected chi connectivity index (χ1v) is 9.13. The van der Waals surface area contributed by atoms with Gasteiger partial charge in [-0.05, 0) is 39.5 Å². The van der Waals surface area contributed by atoms with Gasteiger partial charge in [0.05, 0.1) is 11.8 Å². The Morgan fingerprint density at radius 1 is 1.32 bits per heavy atom. The molecule has 0 unspecified atom stereocenters. The van der Waals surface area contributed by atoms with Gasteiger partial charge < -0.3 is 24.2 Å². The number of hydrogen-bond acceptors (Lipinski definition) is 5. The Morgan fingerprint density at radius 2 is 2.08 bits per heavy atom. The van der Waals surface area contributed by atoms with Gasteiger partial charge in [0.15, 0.2) is 5.96 Å². The van der Waals surface area contributed by atoms with Crippen LogP contribution in [0.3, 0.4) is 0 Å². The average molecular weight is 352 g/mol. The first-order chi connectivity index (χ1) is 12.2. The molecule has 142 valence electrons. The van der Waals surface area contributed by atoms with Crippen molar-refractivity contribution in [2.24, 2.45) is 4.99 Å². The Labute approximate surface area is 150 Å². The van der Waals surface area contributed by atoms with Gasteiger partial charge in [0.2, 0.25) is 0 Å². The number of ether oxygens (including phenoxy) is 2. The van der Waals surface area contributed by atoms with Crippen molar-refractivity contribution >= 4 is 5.96 Å². The molecule has 7 nitrogen and oxygen atoms in total. The second-order valence-electron chi connectivity index (χ2n) is 6.43. The Bertz CT molecular complexity index is 517. The summed E-state index contributed by atoms with van der Waals surface area (Å²) in [6.07, 6.45) is 4.28. The zero-order valence-electron chi connectivity index (χ0n) is 16.0. The number of guanidine groups is 1. The van der Waals surface area contributed by atoms with Crippen LogP contribution in [0.15, 0.2) is 9.52 Å². The van der Waals surface area contributed by atoms with Crippen molar-refractivity contribution in [2.45, 2.75) is 45.6 Å². The number of piperidine rings is 1. The molecule has 2 rings (SSSR count). The molecule has 0 aromatic carbocycles. The van der Waals surface area contributed by atoms with Gasteiger partial charge in [-0.25, -0.2) is 0 Å². The number of aliphatic imine (C=N–C) groups is 1. The van der Waals surface area contributed by atoms with Crippen molar-refractivity contribution in [1.82, 2.24) is 15.4 Å². The summed E-state index contributed by atoms with van der Waals surface area (Å²) in [6, 6.07) is 0. The fourth-order valence-corrected chi connectivity index (χ4v) is 3.18. The smallest absolute Gasteiger partial charge is 0.193 e. The molecular formula is C18H32N4O3. The lowest BCUT2D eigenvalue weighted by Gasteiger charge is -2.34. The minimum Gasteiger partial charge on any atom is -0.385 e. The Balaban J connectivity index is 1.69. The van der Waals surface area contributed by atoms with Gasteiger partial charge in [-0.15, -0.1) is 0 Å². The molecule has 0 saturated carbocycles. The van der Waals surface area contributed by atoms with Crippen LogP contribution in [0.5, 0.6) is 0 Å². The molecule has 1 N–H and O–H groups in total. The molecule has 7 heteroatoms. The van der Waals surface area contributed by atoms with Crippen LogP contribution in [0.4, 0.5) is 0 Å². The van der Waals surface area contributed by atoms with E-state index in [9.17, 15) is 0 Å². The van der Waals surface area contributed by atoms with Crippen molar-refractivity contribution in [1.29, 1.82) is 0 Å².